The molecule has 7 rings (SSSR count). The third kappa shape index (κ3) is 2.48. The lowest BCUT2D eigenvalue weighted by atomic mass is 9.85. The van der Waals surface area contributed by atoms with Crippen LogP contribution in [0.25, 0.3) is 60.0 Å². The van der Waals surface area contributed by atoms with E-state index in [1.54, 1.807) is 0 Å². The van der Waals surface area contributed by atoms with Crippen LogP contribution in [-0.4, -0.2) is 4.40 Å². The first-order valence-electron chi connectivity index (χ1n) is 11.7. The fourth-order valence-electron chi connectivity index (χ4n) is 5.69. The number of aromatic nitrogens is 1. The molecule has 2 heterocycles. The van der Waals surface area contributed by atoms with Crippen molar-refractivity contribution in [2.75, 3.05) is 0 Å². The van der Waals surface area contributed by atoms with Crippen LogP contribution in [0.15, 0.2) is 97.1 Å². The van der Waals surface area contributed by atoms with Gasteiger partial charge in [0.2, 0.25) is 0 Å². The van der Waals surface area contributed by atoms with Crippen molar-refractivity contribution in [2.24, 2.45) is 0 Å². The molecule has 0 amide bonds. The van der Waals surface area contributed by atoms with Gasteiger partial charge in [0.1, 0.15) is 0 Å². The molecule has 33 heavy (non-hydrogen) atoms. The maximum absolute atomic E-state index is 2.48. The summed E-state index contributed by atoms with van der Waals surface area (Å²) in [5.74, 6) is 0. The fraction of sp³-hybridized carbons (Fsp3) is 0.125. The van der Waals surface area contributed by atoms with E-state index in [1.165, 1.54) is 65.6 Å². The molecule has 1 heteroatoms. The zero-order chi connectivity index (χ0) is 22.3. The molecule has 1 nitrogen and oxygen atoms in total. The van der Waals surface area contributed by atoms with Crippen molar-refractivity contribution >= 4 is 48.9 Å². The molecule has 0 radical (unpaired) electrons. The van der Waals surface area contributed by atoms with Gasteiger partial charge in [0.25, 0.3) is 0 Å². The highest BCUT2D eigenvalue weighted by atomic mass is 14.9. The highest BCUT2D eigenvalue weighted by Gasteiger charge is 2.21. The average Bonchev–Trinajstić information content (AvgIpc) is 3.34. The topological polar surface area (TPSA) is 4.41 Å². The molecule has 0 atom stereocenters. The standard InChI is InChI=1S/C32H25N/c1-32(2,3)22-17-15-20(16-18-22)29-23-10-5-4-9-21(23)19-28-30(29)26-13-8-12-25-24-11-6-7-14-27(24)33(28)31(25)26/h4-19H,1-3H3. The third-order valence-corrected chi connectivity index (χ3v) is 7.27. The second-order valence-corrected chi connectivity index (χ2v) is 10.2. The minimum absolute atomic E-state index is 0.141. The summed E-state index contributed by atoms with van der Waals surface area (Å²) in [5, 5.41) is 7.93. The first-order valence-corrected chi connectivity index (χ1v) is 11.7. The molecule has 0 N–H and O–H groups in total. The van der Waals surface area contributed by atoms with Gasteiger partial charge in [0.05, 0.1) is 16.6 Å². The molecular formula is C32H25N. The van der Waals surface area contributed by atoms with Crippen LogP contribution in [0, 0.1) is 0 Å². The Bertz CT molecular complexity index is 1830. The van der Waals surface area contributed by atoms with Gasteiger partial charge in [-0.2, -0.15) is 0 Å². The summed E-state index contributed by atoms with van der Waals surface area (Å²) in [6.45, 7) is 6.82. The van der Waals surface area contributed by atoms with E-state index in [0.29, 0.717) is 0 Å². The number of nitrogens with zero attached hydrogens (tertiary/aromatic N) is 1. The van der Waals surface area contributed by atoms with Gasteiger partial charge in [-0.25, -0.2) is 0 Å². The number of hydrogen-bond acceptors (Lipinski definition) is 0. The Morgan fingerprint density at radius 2 is 1.24 bits per heavy atom. The van der Waals surface area contributed by atoms with E-state index >= 15 is 0 Å². The Hall–Kier alpha value is -3.84. The molecule has 0 unspecified atom stereocenters. The van der Waals surface area contributed by atoms with Gasteiger partial charge < -0.3 is 4.40 Å². The molecule has 158 valence electrons. The number of benzene rings is 5. The van der Waals surface area contributed by atoms with Crippen LogP contribution in [0.2, 0.25) is 0 Å². The minimum Gasteiger partial charge on any atom is -0.308 e. The second-order valence-electron chi connectivity index (χ2n) is 10.2. The van der Waals surface area contributed by atoms with Gasteiger partial charge >= 0.3 is 0 Å². The zero-order valence-electron chi connectivity index (χ0n) is 19.2. The predicted octanol–water partition coefficient (Wildman–Crippen LogP) is 8.95. The van der Waals surface area contributed by atoms with Crippen LogP contribution >= 0.6 is 0 Å². The molecule has 0 aliphatic rings. The molecule has 0 bridgehead atoms. The molecule has 0 saturated carbocycles. The van der Waals surface area contributed by atoms with Crippen LogP contribution in [0.5, 0.6) is 0 Å². The van der Waals surface area contributed by atoms with Crippen LogP contribution < -0.4 is 0 Å². The van der Waals surface area contributed by atoms with Crippen molar-refractivity contribution in [1.82, 2.24) is 4.40 Å². The zero-order valence-corrected chi connectivity index (χ0v) is 19.2. The smallest absolute Gasteiger partial charge is 0.0620 e. The summed E-state index contributed by atoms with van der Waals surface area (Å²) in [4.78, 5) is 0. The quantitative estimate of drug-likeness (QED) is 0.248. The molecular weight excluding hydrogens is 398 g/mol. The van der Waals surface area contributed by atoms with E-state index < -0.39 is 0 Å². The Labute approximate surface area is 193 Å². The molecule has 2 aromatic heterocycles. The van der Waals surface area contributed by atoms with Crippen molar-refractivity contribution < 1.29 is 0 Å². The second kappa shape index (κ2) is 6.36. The van der Waals surface area contributed by atoms with E-state index in [-0.39, 0.29) is 5.41 Å². The number of fused-ring (bicyclic) bond motifs is 7. The van der Waals surface area contributed by atoms with E-state index in [9.17, 15) is 0 Å². The fourth-order valence-corrected chi connectivity index (χ4v) is 5.69. The van der Waals surface area contributed by atoms with Gasteiger partial charge in [-0.05, 0) is 45.0 Å². The Kier molecular flexibility index (Phi) is 3.60. The van der Waals surface area contributed by atoms with Gasteiger partial charge in [-0.15, -0.1) is 0 Å². The Morgan fingerprint density at radius 1 is 0.576 bits per heavy atom. The summed E-state index contributed by atoms with van der Waals surface area (Å²) in [6.07, 6.45) is 0. The maximum Gasteiger partial charge on any atom is 0.0620 e. The van der Waals surface area contributed by atoms with E-state index in [0.717, 1.165) is 0 Å². The monoisotopic (exact) mass is 423 g/mol. The lowest BCUT2D eigenvalue weighted by Gasteiger charge is -2.19. The highest BCUT2D eigenvalue weighted by molar-refractivity contribution is 6.29. The van der Waals surface area contributed by atoms with Crippen LogP contribution in [0.4, 0.5) is 0 Å². The van der Waals surface area contributed by atoms with E-state index in [4.69, 9.17) is 0 Å². The van der Waals surface area contributed by atoms with Crippen molar-refractivity contribution in [3.63, 3.8) is 0 Å². The number of hydrogen-bond donors (Lipinski definition) is 0. The molecule has 7 aromatic rings. The number of para-hydroxylation sites is 2. The Balaban J connectivity index is 1.71. The van der Waals surface area contributed by atoms with Gasteiger partial charge in [-0.3, -0.25) is 0 Å². The van der Waals surface area contributed by atoms with Gasteiger partial charge in [-0.1, -0.05) is 106 Å². The van der Waals surface area contributed by atoms with Gasteiger partial charge in [0, 0.05) is 21.5 Å². The summed E-state index contributed by atoms with van der Waals surface area (Å²) in [5.41, 5.74) is 8.02. The molecule has 0 spiro atoms. The number of rotatable bonds is 1. The first kappa shape index (κ1) is 18.7. The SMILES string of the molecule is CC(C)(C)c1ccc(-c2c3ccccc3cc3c2c2cccc4c5ccccc5n3c42)cc1. The summed E-state index contributed by atoms with van der Waals surface area (Å²) in [7, 11) is 0. The van der Waals surface area contributed by atoms with E-state index in [2.05, 4.69) is 122 Å². The maximum atomic E-state index is 2.48. The average molecular weight is 424 g/mol. The molecule has 0 aliphatic carbocycles. The molecule has 0 saturated heterocycles. The van der Waals surface area contributed by atoms with Crippen LogP contribution in [0.1, 0.15) is 26.3 Å². The first-order chi connectivity index (χ1) is 16.0. The van der Waals surface area contributed by atoms with Crippen molar-refractivity contribution in [3.05, 3.63) is 103 Å². The van der Waals surface area contributed by atoms with Crippen molar-refractivity contribution in [3.8, 4) is 11.1 Å². The Morgan fingerprint density at radius 3 is 2.03 bits per heavy atom. The molecule has 0 aliphatic heterocycles. The van der Waals surface area contributed by atoms with Crippen molar-refractivity contribution in [1.29, 1.82) is 0 Å². The van der Waals surface area contributed by atoms with Crippen LogP contribution in [0.3, 0.4) is 0 Å². The normalized spacial score (nSPS) is 12.7. The minimum atomic E-state index is 0.141. The highest BCUT2D eigenvalue weighted by Crippen LogP contribution is 2.45. The lowest BCUT2D eigenvalue weighted by molar-refractivity contribution is 0.590. The summed E-state index contributed by atoms with van der Waals surface area (Å²) >= 11 is 0. The predicted molar refractivity (Wildman–Crippen MR) is 143 cm³/mol. The van der Waals surface area contributed by atoms with Gasteiger partial charge in [0.15, 0.2) is 0 Å². The summed E-state index contributed by atoms with van der Waals surface area (Å²) < 4.78 is 2.48. The van der Waals surface area contributed by atoms with E-state index in [1.807, 2.05) is 0 Å². The van der Waals surface area contributed by atoms with Crippen LogP contribution in [-0.2, 0) is 5.41 Å². The third-order valence-electron chi connectivity index (χ3n) is 7.27. The lowest BCUT2D eigenvalue weighted by Crippen LogP contribution is -2.10. The largest absolute Gasteiger partial charge is 0.308 e. The summed E-state index contributed by atoms with van der Waals surface area (Å²) in [6, 6.07) is 36.0. The van der Waals surface area contributed by atoms with Crippen molar-refractivity contribution in [2.45, 2.75) is 26.2 Å². The molecule has 5 aromatic carbocycles. The molecule has 0 fully saturated rings.